The molecule has 0 amide bonds. The molecule has 0 spiro atoms. The third kappa shape index (κ3) is 2.37. The van der Waals surface area contributed by atoms with Gasteiger partial charge in [-0.25, -0.2) is 0 Å². The first-order chi connectivity index (χ1) is 7.24. The summed E-state index contributed by atoms with van der Waals surface area (Å²) in [5, 5.41) is 0. The first-order valence-electron chi connectivity index (χ1n) is 4.46. The molecule has 2 rings (SSSR count). The summed E-state index contributed by atoms with van der Waals surface area (Å²) in [5.74, 6) is 1.26. The Kier molecular flexibility index (Phi) is 2.41. The van der Waals surface area contributed by atoms with Crippen molar-refractivity contribution in [2.75, 3.05) is 5.73 Å². The zero-order valence-electron chi connectivity index (χ0n) is 7.94. The summed E-state index contributed by atoms with van der Waals surface area (Å²) in [4.78, 5) is 13.3. The molecule has 1 aromatic carbocycles. The van der Waals surface area contributed by atoms with Gasteiger partial charge in [0.2, 0.25) is 5.56 Å². The number of anilines is 1. The average Bonchev–Trinajstić information content (AvgIpc) is 2.25. The van der Waals surface area contributed by atoms with Gasteiger partial charge in [0.15, 0.2) is 0 Å². The van der Waals surface area contributed by atoms with Gasteiger partial charge in [-0.3, -0.25) is 4.79 Å². The first kappa shape index (κ1) is 9.33. The van der Waals surface area contributed by atoms with E-state index < -0.39 is 0 Å². The molecule has 0 aliphatic carbocycles. The van der Waals surface area contributed by atoms with Crippen LogP contribution in [0.15, 0.2) is 47.4 Å². The molecule has 0 saturated carbocycles. The summed E-state index contributed by atoms with van der Waals surface area (Å²) in [5.41, 5.74) is 6.07. The summed E-state index contributed by atoms with van der Waals surface area (Å²) in [6.45, 7) is 0. The maximum absolute atomic E-state index is 10.8. The second-order valence-electron chi connectivity index (χ2n) is 3.06. The van der Waals surface area contributed by atoms with Crippen molar-refractivity contribution < 1.29 is 4.74 Å². The van der Waals surface area contributed by atoms with Crippen molar-refractivity contribution >= 4 is 5.69 Å². The molecule has 0 fully saturated rings. The van der Waals surface area contributed by atoms with E-state index in [1.54, 1.807) is 30.3 Å². The molecule has 1 heterocycles. The zero-order valence-corrected chi connectivity index (χ0v) is 7.94. The van der Waals surface area contributed by atoms with Gasteiger partial charge in [0.1, 0.15) is 11.5 Å². The van der Waals surface area contributed by atoms with Crippen molar-refractivity contribution in [3.63, 3.8) is 0 Å². The number of aromatic nitrogens is 1. The summed E-state index contributed by atoms with van der Waals surface area (Å²) < 4.78 is 5.46. The standard InChI is InChI=1S/C11H10N2O2/c12-8-1-3-9(4-2-8)15-10-5-6-11(14)13-7-10/h1-7H,12H2,(H,13,14). The lowest BCUT2D eigenvalue weighted by Crippen LogP contribution is -2.01. The number of rotatable bonds is 2. The fourth-order valence-corrected chi connectivity index (χ4v) is 1.13. The second-order valence-corrected chi connectivity index (χ2v) is 3.06. The molecule has 0 bridgehead atoms. The van der Waals surface area contributed by atoms with Crippen LogP contribution in [0.25, 0.3) is 0 Å². The lowest BCUT2D eigenvalue weighted by Gasteiger charge is -2.04. The smallest absolute Gasteiger partial charge is 0.248 e. The Morgan fingerprint density at radius 1 is 1.00 bits per heavy atom. The van der Waals surface area contributed by atoms with Crippen LogP contribution in [0.2, 0.25) is 0 Å². The predicted octanol–water partition coefficient (Wildman–Crippen LogP) is 1.75. The Morgan fingerprint density at radius 3 is 2.27 bits per heavy atom. The van der Waals surface area contributed by atoms with Crippen LogP contribution in [-0.2, 0) is 0 Å². The molecule has 0 aliphatic rings. The fourth-order valence-electron chi connectivity index (χ4n) is 1.13. The zero-order chi connectivity index (χ0) is 10.7. The lowest BCUT2D eigenvalue weighted by molar-refractivity contribution is 0.480. The van der Waals surface area contributed by atoms with Crippen LogP contribution >= 0.6 is 0 Å². The van der Waals surface area contributed by atoms with E-state index >= 15 is 0 Å². The largest absolute Gasteiger partial charge is 0.456 e. The molecule has 2 aromatic rings. The van der Waals surface area contributed by atoms with Gasteiger partial charge < -0.3 is 15.5 Å². The first-order valence-corrected chi connectivity index (χ1v) is 4.46. The van der Waals surface area contributed by atoms with Crippen molar-refractivity contribution in [1.82, 2.24) is 4.98 Å². The molecule has 4 heteroatoms. The molecule has 0 aliphatic heterocycles. The van der Waals surface area contributed by atoms with E-state index in [1.807, 2.05) is 0 Å². The Morgan fingerprint density at radius 2 is 1.67 bits per heavy atom. The van der Waals surface area contributed by atoms with Crippen molar-refractivity contribution in [3.05, 3.63) is 52.9 Å². The third-order valence-corrected chi connectivity index (χ3v) is 1.87. The normalized spacial score (nSPS) is 9.87. The van der Waals surface area contributed by atoms with E-state index in [9.17, 15) is 4.79 Å². The molecule has 0 saturated heterocycles. The van der Waals surface area contributed by atoms with E-state index in [0.29, 0.717) is 17.2 Å². The average molecular weight is 202 g/mol. The summed E-state index contributed by atoms with van der Waals surface area (Å²) in [6, 6.07) is 10.0. The van der Waals surface area contributed by atoms with Crippen LogP contribution in [0.1, 0.15) is 0 Å². The minimum absolute atomic E-state index is 0.153. The number of aromatic amines is 1. The van der Waals surface area contributed by atoms with E-state index in [-0.39, 0.29) is 5.56 Å². The summed E-state index contributed by atoms with van der Waals surface area (Å²) in [7, 11) is 0. The molecule has 1 aromatic heterocycles. The highest BCUT2D eigenvalue weighted by Crippen LogP contribution is 2.20. The second kappa shape index (κ2) is 3.88. The van der Waals surface area contributed by atoms with Gasteiger partial charge in [0.05, 0.1) is 0 Å². The van der Waals surface area contributed by atoms with Gasteiger partial charge in [-0.15, -0.1) is 0 Å². The van der Waals surface area contributed by atoms with Crippen molar-refractivity contribution in [3.8, 4) is 11.5 Å². The van der Waals surface area contributed by atoms with Crippen LogP contribution < -0.4 is 16.0 Å². The molecular weight excluding hydrogens is 192 g/mol. The SMILES string of the molecule is Nc1ccc(Oc2ccc(=O)[nH]c2)cc1. The Hall–Kier alpha value is -2.23. The highest BCUT2D eigenvalue weighted by atomic mass is 16.5. The summed E-state index contributed by atoms with van der Waals surface area (Å²) in [6.07, 6.45) is 1.51. The molecule has 0 radical (unpaired) electrons. The Bertz CT molecular complexity index is 482. The van der Waals surface area contributed by atoms with E-state index in [4.69, 9.17) is 10.5 Å². The molecule has 0 atom stereocenters. The number of hydrogen-bond donors (Lipinski definition) is 2. The van der Waals surface area contributed by atoms with E-state index in [0.717, 1.165) is 0 Å². The number of H-pyrrole nitrogens is 1. The highest BCUT2D eigenvalue weighted by Gasteiger charge is 1.96. The van der Waals surface area contributed by atoms with E-state index in [1.165, 1.54) is 12.3 Å². The third-order valence-electron chi connectivity index (χ3n) is 1.87. The Balaban J connectivity index is 2.18. The highest BCUT2D eigenvalue weighted by molar-refractivity contribution is 5.42. The molecule has 4 nitrogen and oxygen atoms in total. The van der Waals surface area contributed by atoms with Gasteiger partial charge in [-0.1, -0.05) is 0 Å². The topological polar surface area (TPSA) is 68.1 Å². The fraction of sp³-hybridized carbons (Fsp3) is 0. The number of pyridine rings is 1. The van der Waals surface area contributed by atoms with Gasteiger partial charge in [-0.05, 0) is 30.3 Å². The minimum atomic E-state index is -0.153. The minimum Gasteiger partial charge on any atom is -0.456 e. The molecule has 15 heavy (non-hydrogen) atoms. The maximum atomic E-state index is 10.8. The van der Waals surface area contributed by atoms with Gasteiger partial charge in [0, 0.05) is 18.0 Å². The number of hydrogen-bond acceptors (Lipinski definition) is 3. The van der Waals surface area contributed by atoms with Gasteiger partial charge in [-0.2, -0.15) is 0 Å². The monoisotopic (exact) mass is 202 g/mol. The Labute approximate surface area is 86.3 Å². The predicted molar refractivity (Wildman–Crippen MR) is 58.0 cm³/mol. The molecule has 76 valence electrons. The van der Waals surface area contributed by atoms with Crippen LogP contribution in [-0.4, -0.2) is 4.98 Å². The van der Waals surface area contributed by atoms with E-state index in [2.05, 4.69) is 4.98 Å². The van der Waals surface area contributed by atoms with Crippen molar-refractivity contribution in [2.45, 2.75) is 0 Å². The van der Waals surface area contributed by atoms with Crippen LogP contribution in [0.5, 0.6) is 11.5 Å². The number of ether oxygens (including phenoxy) is 1. The van der Waals surface area contributed by atoms with Crippen molar-refractivity contribution in [2.24, 2.45) is 0 Å². The van der Waals surface area contributed by atoms with Crippen molar-refractivity contribution in [1.29, 1.82) is 0 Å². The number of nitrogens with one attached hydrogen (secondary N) is 1. The quantitative estimate of drug-likeness (QED) is 0.729. The van der Waals surface area contributed by atoms with Crippen LogP contribution in [0, 0.1) is 0 Å². The van der Waals surface area contributed by atoms with Crippen LogP contribution in [0.3, 0.4) is 0 Å². The molecule has 0 unspecified atom stereocenters. The number of nitrogens with two attached hydrogens (primary N) is 1. The number of nitrogen functional groups attached to an aromatic ring is 1. The molecule has 3 N–H and O–H groups in total. The van der Waals surface area contributed by atoms with Gasteiger partial charge in [0.25, 0.3) is 0 Å². The molecular formula is C11H10N2O2. The van der Waals surface area contributed by atoms with Gasteiger partial charge >= 0.3 is 0 Å². The summed E-state index contributed by atoms with van der Waals surface area (Å²) >= 11 is 0. The number of benzene rings is 1. The van der Waals surface area contributed by atoms with Crippen LogP contribution in [0.4, 0.5) is 5.69 Å². The maximum Gasteiger partial charge on any atom is 0.248 e. The lowest BCUT2D eigenvalue weighted by atomic mass is 10.3.